The van der Waals surface area contributed by atoms with Gasteiger partial charge in [0.15, 0.2) is 11.1 Å². The summed E-state index contributed by atoms with van der Waals surface area (Å²) in [5, 5.41) is 2.75. The van der Waals surface area contributed by atoms with E-state index in [4.69, 9.17) is 9.57 Å². The lowest BCUT2D eigenvalue weighted by Crippen LogP contribution is -2.16. The maximum atomic E-state index is 11.2. The van der Waals surface area contributed by atoms with Gasteiger partial charge in [0.05, 0.1) is 4.90 Å². The minimum Gasteiger partial charge on any atom is -0.458 e. The second-order valence-corrected chi connectivity index (χ2v) is 13.4. The van der Waals surface area contributed by atoms with Crippen LogP contribution in [0.5, 0.6) is 11.5 Å². The van der Waals surface area contributed by atoms with Crippen LogP contribution in [0.2, 0.25) is 0 Å². The van der Waals surface area contributed by atoms with Crippen LogP contribution < -0.4 is 14.3 Å². The highest BCUT2D eigenvalue weighted by molar-refractivity contribution is 7.97. The molecule has 0 aliphatic rings. The summed E-state index contributed by atoms with van der Waals surface area (Å²) in [7, 11) is 0. The summed E-state index contributed by atoms with van der Waals surface area (Å²) in [4.78, 5) is 22.0. The van der Waals surface area contributed by atoms with E-state index in [0.29, 0.717) is 36.9 Å². The largest absolute Gasteiger partial charge is 0.458 e. The van der Waals surface area contributed by atoms with E-state index in [-0.39, 0.29) is 0 Å². The highest BCUT2D eigenvalue weighted by Gasteiger charge is 2.17. The Kier molecular flexibility index (Phi) is 15.8. The Morgan fingerprint density at radius 3 is 2.22 bits per heavy atom. The zero-order chi connectivity index (χ0) is 36.4. The summed E-state index contributed by atoms with van der Waals surface area (Å²) in [5.74, 6) is 1.67. The average Bonchev–Trinajstić information content (AvgIpc) is 3.14. The average molecular weight is 717 g/mol. The minimum absolute atomic E-state index is 0.483. The molecule has 0 aliphatic carbocycles. The Morgan fingerprint density at radius 1 is 0.824 bits per heavy atom. The summed E-state index contributed by atoms with van der Waals surface area (Å²) < 4.78 is 11.4. The van der Waals surface area contributed by atoms with Crippen molar-refractivity contribution in [3.8, 4) is 22.6 Å². The van der Waals surface area contributed by atoms with E-state index in [1.54, 1.807) is 30.0 Å². The van der Waals surface area contributed by atoms with Gasteiger partial charge in [-0.3, -0.25) is 9.71 Å². The Labute approximate surface area is 310 Å². The zero-order valence-electron chi connectivity index (χ0n) is 29.5. The molecule has 5 aromatic rings. The van der Waals surface area contributed by atoms with Gasteiger partial charge in [0.2, 0.25) is 0 Å². The van der Waals surface area contributed by atoms with E-state index in [1.165, 1.54) is 34.0 Å². The molecule has 0 unspecified atom stereocenters. The lowest BCUT2D eigenvalue weighted by molar-refractivity contribution is 0.323. The first kappa shape index (κ1) is 38.9. The number of hydrogen-bond donors (Lipinski definition) is 1. The number of rotatable bonds is 17. The highest BCUT2D eigenvalue weighted by atomic mass is 32.2. The molecule has 0 aliphatic heterocycles. The Hall–Kier alpha value is -4.93. The molecule has 7 nitrogen and oxygen atoms in total. The van der Waals surface area contributed by atoms with Crippen LogP contribution in [0, 0.1) is 18.8 Å². The molecule has 0 spiro atoms. The van der Waals surface area contributed by atoms with Crippen molar-refractivity contribution in [3.63, 3.8) is 0 Å². The number of allylic oxidation sites excluding steroid dienone is 1. The van der Waals surface area contributed by atoms with Crippen molar-refractivity contribution in [2.45, 2.75) is 57.1 Å². The summed E-state index contributed by atoms with van der Waals surface area (Å²) >= 11 is 3.13. The van der Waals surface area contributed by atoms with Crippen molar-refractivity contribution in [2.75, 3.05) is 0 Å². The van der Waals surface area contributed by atoms with Crippen molar-refractivity contribution >= 4 is 30.6 Å². The lowest BCUT2D eigenvalue weighted by Gasteiger charge is -2.23. The number of nitrogens with one attached hydrogen (secondary N) is 1. The number of ether oxygens (including phenoxy) is 1. The van der Waals surface area contributed by atoms with Crippen molar-refractivity contribution in [1.29, 1.82) is 0 Å². The maximum absolute atomic E-state index is 11.2. The number of aliphatic imine (C=N–C) groups is 1. The molecule has 0 radical (unpaired) electrons. The minimum atomic E-state index is 0.483. The smallest absolute Gasteiger partial charge is 0.179 e. The molecule has 0 saturated carbocycles. The van der Waals surface area contributed by atoms with E-state index in [9.17, 15) is 4.91 Å². The van der Waals surface area contributed by atoms with Gasteiger partial charge in [0, 0.05) is 30.7 Å². The van der Waals surface area contributed by atoms with Crippen LogP contribution in [0.25, 0.3) is 11.1 Å². The molecule has 9 heteroatoms. The van der Waals surface area contributed by atoms with E-state index in [0.717, 1.165) is 20.9 Å². The second-order valence-electron chi connectivity index (χ2n) is 11.3. The van der Waals surface area contributed by atoms with Crippen LogP contribution >= 0.6 is 23.9 Å². The van der Waals surface area contributed by atoms with Crippen molar-refractivity contribution < 1.29 is 9.57 Å². The Morgan fingerprint density at radius 2 is 1.51 bits per heavy atom. The topological polar surface area (TPSA) is 75.5 Å². The quantitative estimate of drug-likeness (QED) is 0.0256. The molecule has 0 amide bonds. The van der Waals surface area contributed by atoms with E-state index in [2.05, 4.69) is 105 Å². The number of nitrogens with zero attached hydrogens (tertiary/aromatic N) is 3. The van der Waals surface area contributed by atoms with Gasteiger partial charge >= 0.3 is 0 Å². The van der Waals surface area contributed by atoms with Crippen LogP contribution in [0.15, 0.2) is 160 Å². The SMILES string of the molecule is C=N/C=C\C(=C)Oc1ccc(SNCc2cccc(CN(Cc3ccc(-c4ccccc4)cc3)Sc3cc(C)cc(C)c3ON=O)c2)cc1.CC. The molecular weight excluding hydrogens is 673 g/mol. The normalized spacial score (nSPS) is 10.8. The first-order valence-corrected chi connectivity index (χ1v) is 18.2. The third-order valence-electron chi connectivity index (χ3n) is 7.42. The number of hydrogen-bond acceptors (Lipinski definition) is 9. The third kappa shape index (κ3) is 12.4. The standard InChI is InChI=1S/C40H38N4O3S2.C2H6/c1-29-23-30(2)40(47-43-45)39(24-29)49-44(27-32-13-15-36(16-14-32)35-11-6-5-7-12-35)28-34-10-8-9-33(25-34)26-42-48-38-19-17-37(18-20-38)46-31(3)21-22-41-4;1-2/h5-25,42H,3-4,26-28H2,1-2H3;1-2H3/b22-21-;. The van der Waals surface area contributed by atoms with Crippen molar-refractivity contribution in [2.24, 2.45) is 10.3 Å². The molecule has 0 atom stereocenters. The molecule has 0 saturated heterocycles. The molecule has 51 heavy (non-hydrogen) atoms. The van der Waals surface area contributed by atoms with Gasteiger partial charge in [-0.05, 0) is 120 Å². The van der Waals surface area contributed by atoms with Crippen molar-refractivity contribution in [3.05, 3.63) is 173 Å². The van der Waals surface area contributed by atoms with Gasteiger partial charge in [-0.1, -0.05) is 105 Å². The summed E-state index contributed by atoms with van der Waals surface area (Å²) in [6, 6.07) is 39.4. The molecule has 262 valence electrons. The fraction of sp³-hybridized carbons (Fsp3) is 0.167. The van der Waals surface area contributed by atoms with Crippen molar-refractivity contribution in [1.82, 2.24) is 9.03 Å². The van der Waals surface area contributed by atoms with Gasteiger partial charge in [0.25, 0.3) is 0 Å². The van der Waals surface area contributed by atoms with Crippen LogP contribution in [-0.4, -0.2) is 11.0 Å². The zero-order valence-corrected chi connectivity index (χ0v) is 31.2. The molecule has 0 bridgehead atoms. The molecule has 5 aromatic carbocycles. The maximum Gasteiger partial charge on any atom is 0.179 e. The van der Waals surface area contributed by atoms with Gasteiger partial charge < -0.3 is 9.57 Å². The first-order valence-electron chi connectivity index (χ1n) is 16.6. The lowest BCUT2D eigenvalue weighted by atomic mass is 10.0. The monoisotopic (exact) mass is 716 g/mol. The number of benzene rings is 5. The van der Waals surface area contributed by atoms with Gasteiger partial charge in [-0.15, -0.1) is 4.91 Å². The third-order valence-corrected chi connectivity index (χ3v) is 9.23. The molecule has 0 heterocycles. The van der Waals surface area contributed by atoms with Gasteiger partial charge in [0.1, 0.15) is 11.5 Å². The van der Waals surface area contributed by atoms with E-state index in [1.807, 2.05) is 70.2 Å². The van der Waals surface area contributed by atoms with Gasteiger partial charge in [-0.25, -0.2) is 4.31 Å². The second kappa shape index (κ2) is 20.7. The van der Waals surface area contributed by atoms with Crippen LogP contribution in [0.1, 0.15) is 41.7 Å². The molecule has 0 aromatic heterocycles. The summed E-state index contributed by atoms with van der Waals surface area (Å²) in [5.41, 5.74) is 7.82. The predicted molar refractivity (Wildman–Crippen MR) is 215 cm³/mol. The number of aryl methyl sites for hydroxylation is 2. The van der Waals surface area contributed by atoms with Crippen LogP contribution in [0.3, 0.4) is 0 Å². The Balaban J connectivity index is 0.00000286. The van der Waals surface area contributed by atoms with Gasteiger partial charge in [-0.2, -0.15) is 0 Å². The fourth-order valence-corrected chi connectivity index (χ4v) is 7.08. The summed E-state index contributed by atoms with van der Waals surface area (Å²) in [6.07, 6.45) is 3.20. The first-order chi connectivity index (χ1) is 24.9. The van der Waals surface area contributed by atoms with Crippen LogP contribution in [-0.2, 0) is 19.6 Å². The van der Waals surface area contributed by atoms with E-state index < -0.39 is 0 Å². The molecule has 5 rings (SSSR count). The predicted octanol–water partition coefficient (Wildman–Crippen LogP) is 11.7. The fourth-order valence-electron chi connectivity index (χ4n) is 5.18. The molecular formula is C42H44N4O3S2. The van der Waals surface area contributed by atoms with E-state index >= 15 is 0 Å². The molecule has 1 N–H and O–H groups in total. The highest BCUT2D eigenvalue weighted by Crippen LogP contribution is 2.37. The van der Waals surface area contributed by atoms with Crippen LogP contribution in [0.4, 0.5) is 0 Å². The molecule has 0 fully saturated rings. The summed E-state index contributed by atoms with van der Waals surface area (Å²) in [6.45, 7) is 17.3. The Bertz CT molecular complexity index is 1900.